The third-order valence-electron chi connectivity index (χ3n) is 5.54. The summed E-state index contributed by atoms with van der Waals surface area (Å²) in [7, 11) is 0. The number of non-ortho nitro benzene ring substituents is 1. The third kappa shape index (κ3) is 4.19. The van der Waals surface area contributed by atoms with Crippen molar-refractivity contribution < 1.29 is 14.1 Å². The number of nitro benzene ring substituents is 1. The highest BCUT2D eigenvalue weighted by molar-refractivity contribution is 6.31. The Labute approximate surface area is 168 Å². The molecule has 3 heterocycles. The van der Waals surface area contributed by atoms with Gasteiger partial charge in [-0.25, -0.2) is 0 Å². The van der Waals surface area contributed by atoms with Crippen molar-refractivity contribution in [1.82, 2.24) is 15.1 Å². The van der Waals surface area contributed by atoms with Gasteiger partial charge in [-0.1, -0.05) is 18.0 Å². The molecule has 2 aliphatic rings. The number of aromatic nitrogens is 2. The lowest BCUT2D eigenvalue weighted by atomic mass is 10.00. The average Bonchev–Trinajstić information content (AvgIpc) is 3.20. The molecule has 0 radical (unpaired) electrons. The zero-order chi connectivity index (χ0) is 19.5. The van der Waals surface area contributed by atoms with Gasteiger partial charge in [0, 0.05) is 42.8 Å². The maximum absolute atomic E-state index is 11.1. The average molecular weight is 407 g/mol. The number of nitrogens with zero attached hydrogens (tertiary/aromatic N) is 4. The van der Waals surface area contributed by atoms with Gasteiger partial charge in [-0.2, -0.15) is 0 Å². The van der Waals surface area contributed by atoms with Crippen LogP contribution in [0.3, 0.4) is 0 Å². The van der Waals surface area contributed by atoms with Crippen molar-refractivity contribution in [3.05, 3.63) is 50.7 Å². The van der Waals surface area contributed by atoms with E-state index in [1.165, 1.54) is 6.07 Å². The Morgan fingerprint density at radius 2 is 1.96 bits per heavy atom. The first-order valence-electron chi connectivity index (χ1n) is 9.69. The summed E-state index contributed by atoms with van der Waals surface area (Å²) in [6.45, 7) is 2.82. The summed E-state index contributed by atoms with van der Waals surface area (Å²) in [6.07, 6.45) is 4.86. The van der Waals surface area contributed by atoms with Gasteiger partial charge in [0.15, 0.2) is 0 Å². The molecule has 0 N–H and O–H groups in total. The first-order valence-corrected chi connectivity index (χ1v) is 10.1. The summed E-state index contributed by atoms with van der Waals surface area (Å²) in [5.74, 6) is 1.58. The van der Waals surface area contributed by atoms with Crippen molar-refractivity contribution in [2.75, 3.05) is 19.8 Å². The van der Waals surface area contributed by atoms with Crippen LogP contribution in [0, 0.1) is 10.1 Å². The summed E-state index contributed by atoms with van der Waals surface area (Å²) in [5.41, 5.74) is 0.791. The van der Waals surface area contributed by atoms with Gasteiger partial charge in [-0.15, -0.1) is 10.2 Å². The molecule has 1 aromatic heterocycles. The molecule has 150 valence electrons. The van der Waals surface area contributed by atoms with Gasteiger partial charge in [0.25, 0.3) is 5.69 Å². The van der Waals surface area contributed by atoms with E-state index in [0.717, 1.165) is 57.4 Å². The summed E-state index contributed by atoms with van der Waals surface area (Å²) in [5, 5.41) is 20.3. The van der Waals surface area contributed by atoms with Crippen molar-refractivity contribution in [2.24, 2.45) is 0 Å². The van der Waals surface area contributed by atoms with E-state index in [9.17, 15) is 10.1 Å². The Morgan fingerprint density at radius 1 is 1.18 bits per heavy atom. The first-order chi connectivity index (χ1) is 13.6. The van der Waals surface area contributed by atoms with Crippen molar-refractivity contribution in [3.63, 3.8) is 0 Å². The van der Waals surface area contributed by atoms with Crippen LogP contribution in [0.25, 0.3) is 0 Å². The van der Waals surface area contributed by atoms with Gasteiger partial charge in [-0.3, -0.25) is 15.0 Å². The highest BCUT2D eigenvalue weighted by atomic mass is 35.5. The van der Waals surface area contributed by atoms with Crippen molar-refractivity contribution >= 4 is 17.3 Å². The molecule has 0 unspecified atom stereocenters. The summed E-state index contributed by atoms with van der Waals surface area (Å²) in [4.78, 5) is 12.9. The fraction of sp³-hybridized carbons (Fsp3) is 0.579. The summed E-state index contributed by atoms with van der Waals surface area (Å²) >= 11 is 6.31. The van der Waals surface area contributed by atoms with Gasteiger partial charge in [0.2, 0.25) is 11.8 Å². The van der Waals surface area contributed by atoms with Gasteiger partial charge < -0.3 is 9.15 Å². The Hall–Kier alpha value is -2.03. The molecule has 1 aromatic carbocycles. The predicted molar refractivity (Wildman–Crippen MR) is 102 cm³/mol. The standard InChI is InChI=1S/C19H23ClN4O4/c20-16-5-4-15(24(25)26)11-14(16)12-23-8-2-1-3-17(23)19-22-21-18(28-19)13-6-9-27-10-7-13/h4-5,11,13,17H,1-3,6-10,12H2/t17-/m0/s1. The predicted octanol–water partition coefficient (Wildman–Crippen LogP) is 4.25. The van der Waals surface area contributed by atoms with E-state index < -0.39 is 4.92 Å². The minimum absolute atomic E-state index is 0.00479. The topological polar surface area (TPSA) is 94.5 Å². The summed E-state index contributed by atoms with van der Waals surface area (Å²) in [6, 6.07) is 4.57. The number of piperidine rings is 1. The van der Waals surface area contributed by atoms with E-state index in [-0.39, 0.29) is 17.6 Å². The van der Waals surface area contributed by atoms with Crippen LogP contribution in [0.1, 0.15) is 61.4 Å². The Kier molecular flexibility index (Phi) is 5.89. The maximum atomic E-state index is 11.1. The number of hydrogen-bond donors (Lipinski definition) is 0. The van der Waals surface area contributed by atoms with Crippen LogP contribution in [0.15, 0.2) is 22.6 Å². The molecule has 9 heteroatoms. The van der Waals surface area contributed by atoms with Gasteiger partial charge in [0.05, 0.1) is 11.0 Å². The van der Waals surface area contributed by atoms with Crippen LogP contribution in [-0.2, 0) is 11.3 Å². The molecule has 8 nitrogen and oxygen atoms in total. The molecule has 2 fully saturated rings. The number of benzene rings is 1. The molecular formula is C19H23ClN4O4. The molecule has 4 rings (SSSR count). The molecule has 28 heavy (non-hydrogen) atoms. The van der Waals surface area contributed by atoms with Gasteiger partial charge in [-0.05, 0) is 43.9 Å². The van der Waals surface area contributed by atoms with E-state index in [1.807, 2.05) is 0 Å². The van der Waals surface area contributed by atoms with E-state index in [4.69, 9.17) is 20.8 Å². The fourth-order valence-corrected chi connectivity index (χ4v) is 4.14. The van der Waals surface area contributed by atoms with Crippen LogP contribution < -0.4 is 0 Å². The molecule has 1 atom stereocenters. The highest BCUT2D eigenvalue weighted by Crippen LogP contribution is 2.35. The smallest absolute Gasteiger partial charge is 0.269 e. The van der Waals surface area contributed by atoms with E-state index >= 15 is 0 Å². The van der Waals surface area contributed by atoms with E-state index in [1.54, 1.807) is 12.1 Å². The van der Waals surface area contributed by atoms with Crippen molar-refractivity contribution in [2.45, 2.75) is 50.6 Å². The molecule has 0 bridgehead atoms. The summed E-state index contributed by atoms with van der Waals surface area (Å²) < 4.78 is 11.5. The second kappa shape index (κ2) is 8.55. The van der Waals surface area contributed by atoms with Crippen molar-refractivity contribution in [1.29, 1.82) is 0 Å². The second-order valence-corrected chi connectivity index (χ2v) is 7.79. The number of likely N-dealkylation sites (tertiary alicyclic amines) is 1. The molecule has 2 aromatic rings. The van der Waals surface area contributed by atoms with Crippen LogP contribution >= 0.6 is 11.6 Å². The Morgan fingerprint density at radius 3 is 2.75 bits per heavy atom. The first kappa shape index (κ1) is 19.3. The lowest BCUT2D eigenvalue weighted by molar-refractivity contribution is -0.384. The zero-order valence-corrected chi connectivity index (χ0v) is 16.3. The van der Waals surface area contributed by atoms with Crippen molar-refractivity contribution in [3.8, 4) is 0 Å². The lowest BCUT2D eigenvalue weighted by Gasteiger charge is -2.33. The monoisotopic (exact) mass is 406 g/mol. The Balaban J connectivity index is 1.53. The fourth-order valence-electron chi connectivity index (χ4n) is 3.97. The number of hydrogen-bond acceptors (Lipinski definition) is 7. The minimum Gasteiger partial charge on any atom is -0.423 e. The largest absolute Gasteiger partial charge is 0.423 e. The molecule has 0 aliphatic carbocycles. The number of nitro groups is 1. The zero-order valence-electron chi connectivity index (χ0n) is 15.6. The molecule has 0 spiro atoms. The van der Waals surface area contributed by atoms with Crippen LogP contribution in [0.4, 0.5) is 5.69 Å². The van der Waals surface area contributed by atoms with Crippen LogP contribution in [0.5, 0.6) is 0 Å². The third-order valence-corrected chi connectivity index (χ3v) is 5.91. The molecule has 2 aliphatic heterocycles. The molecule has 0 amide bonds. The lowest BCUT2D eigenvalue weighted by Crippen LogP contribution is -2.33. The van der Waals surface area contributed by atoms with E-state index in [0.29, 0.717) is 23.3 Å². The second-order valence-electron chi connectivity index (χ2n) is 7.38. The Bertz CT molecular complexity index is 837. The van der Waals surface area contributed by atoms with Gasteiger partial charge >= 0.3 is 0 Å². The minimum atomic E-state index is -0.397. The number of ether oxygens (including phenoxy) is 1. The van der Waals surface area contributed by atoms with Crippen LogP contribution in [0.2, 0.25) is 5.02 Å². The number of rotatable bonds is 5. The van der Waals surface area contributed by atoms with E-state index in [2.05, 4.69) is 15.1 Å². The highest BCUT2D eigenvalue weighted by Gasteiger charge is 2.31. The molecular weight excluding hydrogens is 384 g/mol. The quantitative estimate of drug-likeness (QED) is 0.541. The number of halogens is 1. The normalized spacial score (nSPS) is 21.7. The molecule has 2 saturated heterocycles. The SMILES string of the molecule is O=[N+]([O-])c1ccc(Cl)c(CN2CCCC[C@H]2c2nnc(C3CCOCC3)o2)c1. The van der Waals surface area contributed by atoms with Gasteiger partial charge in [0.1, 0.15) is 0 Å². The molecule has 0 saturated carbocycles. The maximum Gasteiger partial charge on any atom is 0.269 e. The van der Waals surface area contributed by atoms with Crippen LogP contribution in [-0.4, -0.2) is 39.8 Å².